The number of carbonyl (C=O) groups is 3. The summed E-state index contributed by atoms with van der Waals surface area (Å²) in [4.78, 5) is 33.5. The number of hydrogen-bond acceptors (Lipinski definition) is 4. The lowest BCUT2D eigenvalue weighted by atomic mass is 10.3. The zero-order valence-corrected chi connectivity index (χ0v) is 8.81. The molecule has 2 amide bonds. The molecule has 0 aliphatic rings. The average molecular weight is 218 g/mol. The summed E-state index contributed by atoms with van der Waals surface area (Å²) in [6, 6.07) is -0.983. The van der Waals surface area contributed by atoms with Crippen LogP contribution in [0.25, 0.3) is 0 Å². The van der Waals surface area contributed by atoms with E-state index in [1.165, 1.54) is 21.1 Å². The molecular weight excluding hydrogens is 204 g/mol. The predicted octanol–water partition coefficient (Wildman–Crippen LogP) is -0.726. The van der Waals surface area contributed by atoms with Crippen molar-refractivity contribution in [2.45, 2.75) is 13.0 Å². The van der Waals surface area contributed by atoms with Crippen LogP contribution in [-0.4, -0.2) is 54.7 Å². The van der Waals surface area contributed by atoms with Crippen molar-refractivity contribution in [1.29, 1.82) is 0 Å². The summed E-state index contributed by atoms with van der Waals surface area (Å²) in [7, 11) is 2.56. The van der Waals surface area contributed by atoms with Gasteiger partial charge in [0.05, 0.1) is 7.11 Å². The second-order valence-electron chi connectivity index (χ2n) is 2.95. The Morgan fingerprint density at radius 2 is 2.00 bits per heavy atom. The van der Waals surface area contributed by atoms with Crippen molar-refractivity contribution in [3.63, 3.8) is 0 Å². The maximum Gasteiger partial charge on any atom is 0.409 e. The van der Waals surface area contributed by atoms with E-state index in [9.17, 15) is 14.4 Å². The van der Waals surface area contributed by atoms with E-state index >= 15 is 0 Å². The highest BCUT2D eigenvalue weighted by atomic mass is 16.5. The number of carbonyl (C=O) groups excluding carboxylic acids is 2. The summed E-state index contributed by atoms with van der Waals surface area (Å²) < 4.78 is 4.36. The quantitative estimate of drug-likeness (QED) is 0.648. The van der Waals surface area contributed by atoms with Gasteiger partial charge in [0.25, 0.3) is 0 Å². The lowest BCUT2D eigenvalue weighted by molar-refractivity contribution is -0.141. The van der Waals surface area contributed by atoms with Crippen LogP contribution in [0, 0.1) is 0 Å². The maximum absolute atomic E-state index is 11.2. The molecule has 86 valence electrons. The Morgan fingerprint density at radius 3 is 2.40 bits per heavy atom. The molecular formula is C8H14N2O5. The summed E-state index contributed by atoms with van der Waals surface area (Å²) >= 11 is 0. The molecule has 7 heteroatoms. The Balaban J connectivity index is 4.04. The molecule has 0 radical (unpaired) electrons. The standard InChI is InChI=1S/C8H14N2O5/c1-5(7(12)13)9-6(11)4-10(2)8(14)15-3/h5H,4H2,1-3H3,(H,9,11)(H,12,13)/t5-/m0/s1. The van der Waals surface area contributed by atoms with E-state index in [-0.39, 0.29) is 6.54 Å². The minimum Gasteiger partial charge on any atom is -0.480 e. The smallest absolute Gasteiger partial charge is 0.409 e. The lowest BCUT2D eigenvalue weighted by Gasteiger charge is -2.16. The minimum absolute atomic E-state index is 0.246. The van der Waals surface area contributed by atoms with Crippen molar-refractivity contribution in [3.05, 3.63) is 0 Å². The number of amides is 2. The number of ether oxygens (including phenoxy) is 1. The van der Waals surface area contributed by atoms with Crippen molar-refractivity contribution in [1.82, 2.24) is 10.2 Å². The van der Waals surface area contributed by atoms with Gasteiger partial charge < -0.3 is 20.1 Å². The number of carboxylic acid groups (broad SMARTS) is 1. The van der Waals surface area contributed by atoms with Gasteiger partial charge in [-0.15, -0.1) is 0 Å². The summed E-state index contributed by atoms with van der Waals surface area (Å²) in [5, 5.41) is 10.7. The summed E-state index contributed by atoms with van der Waals surface area (Å²) in [5.41, 5.74) is 0. The fourth-order valence-corrected chi connectivity index (χ4v) is 0.785. The van der Waals surface area contributed by atoms with Crippen LogP contribution < -0.4 is 5.32 Å². The van der Waals surface area contributed by atoms with Crippen LogP contribution in [-0.2, 0) is 14.3 Å². The highest BCUT2D eigenvalue weighted by Gasteiger charge is 2.17. The van der Waals surface area contributed by atoms with Gasteiger partial charge in [0.15, 0.2) is 0 Å². The normalized spacial score (nSPS) is 11.4. The van der Waals surface area contributed by atoms with Crippen LogP contribution in [0.3, 0.4) is 0 Å². The third-order valence-electron chi connectivity index (χ3n) is 1.61. The number of aliphatic carboxylic acids is 1. The van der Waals surface area contributed by atoms with Gasteiger partial charge in [-0.3, -0.25) is 9.59 Å². The monoisotopic (exact) mass is 218 g/mol. The molecule has 15 heavy (non-hydrogen) atoms. The van der Waals surface area contributed by atoms with Gasteiger partial charge in [-0.05, 0) is 6.92 Å². The first-order valence-electron chi connectivity index (χ1n) is 4.19. The van der Waals surface area contributed by atoms with E-state index in [1.807, 2.05) is 0 Å². The number of rotatable bonds is 4. The van der Waals surface area contributed by atoms with Crippen LogP contribution in [0.2, 0.25) is 0 Å². The average Bonchev–Trinajstić information content (AvgIpc) is 2.15. The zero-order chi connectivity index (χ0) is 12.0. The predicted molar refractivity (Wildman–Crippen MR) is 50.3 cm³/mol. The second-order valence-corrected chi connectivity index (χ2v) is 2.95. The molecule has 0 aliphatic carbocycles. The van der Waals surface area contributed by atoms with Crippen LogP contribution in [0.15, 0.2) is 0 Å². The molecule has 0 saturated carbocycles. The molecule has 0 spiro atoms. The largest absolute Gasteiger partial charge is 0.480 e. The van der Waals surface area contributed by atoms with E-state index in [0.717, 1.165) is 4.90 Å². The van der Waals surface area contributed by atoms with Crippen molar-refractivity contribution < 1.29 is 24.2 Å². The van der Waals surface area contributed by atoms with Crippen molar-refractivity contribution in [3.8, 4) is 0 Å². The Hall–Kier alpha value is -1.79. The minimum atomic E-state index is -1.14. The van der Waals surface area contributed by atoms with Crippen LogP contribution in [0.4, 0.5) is 4.79 Å². The third kappa shape index (κ3) is 4.84. The Kier molecular flexibility index (Phi) is 5.14. The molecule has 0 aromatic heterocycles. The fourth-order valence-electron chi connectivity index (χ4n) is 0.785. The molecule has 0 aliphatic heterocycles. The van der Waals surface area contributed by atoms with E-state index in [2.05, 4.69) is 10.1 Å². The Bertz CT molecular complexity index is 266. The number of hydrogen-bond donors (Lipinski definition) is 2. The first-order chi connectivity index (χ1) is 6.88. The van der Waals surface area contributed by atoms with E-state index in [4.69, 9.17) is 5.11 Å². The molecule has 0 rings (SSSR count). The molecule has 0 unspecified atom stereocenters. The number of likely N-dealkylation sites (N-methyl/N-ethyl adjacent to an activating group) is 1. The fraction of sp³-hybridized carbons (Fsp3) is 0.625. The van der Waals surface area contributed by atoms with Crippen molar-refractivity contribution in [2.24, 2.45) is 0 Å². The molecule has 0 bridgehead atoms. The Labute approximate surface area is 87.0 Å². The molecule has 1 atom stereocenters. The van der Waals surface area contributed by atoms with E-state index in [0.29, 0.717) is 0 Å². The first-order valence-corrected chi connectivity index (χ1v) is 4.19. The van der Waals surface area contributed by atoms with Gasteiger partial charge in [-0.1, -0.05) is 0 Å². The molecule has 2 N–H and O–H groups in total. The molecule has 0 aromatic rings. The third-order valence-corrected chi connectivity index (χ3v) is 1.61. The highest BCUT2D eigenvalue weighted by Crippen LogP contribution is 1.89. The number of methoxy groups -OCH3 is 1. The highest BCUT2D eigenvalue weighted by molar-refractivity contribution is 5.86. The summed E-state index contributed by atoms with van der Waals surface area (Å²) in [6.07, 6.45) is -0.659. The number of carboxylic acids is 1. The van der Waals surface area contributed by atoms with Crippen LogP contribution in [0.5, 0.6) is 0 Å². The van der Waals surface area contributed by atoms with Crippen molar-refractivity contribution >= 4 is 18.0 Å². The van der Waals surface area contributed by atoms with Gasteiger partial charge in [0.1, 0.15) is 12.6 Å². The number of nitrogens with one attached hydrogen (secondary N) is 1. The van der Waals surface area contributed by atoms with Gasteiger partial charge in [-0.25, -0.2) is 4.79 Å². The first kappa shape index (κ1) is 13.2. The van der Waals surface area contributed by atoms with E-state index < -0.39 is 24.0 Å². The van der Waals surface area contributed by atoms with Gasteiger partial charge in [0, 0.05) is 7.05 Å². The van der Waals surface area contributed by atoms with Gasteiger partial charge in [0.2, 0.25) is 5.91 Å². The maximum atomic E-state index is 11.2. The second kappa shape index (κ2) is 5.84. The van der Waals surface area contributed by atoms with Crippen LogP contribution in [0.1, 0.15) is 6.92 Å². The van der Waals surface area contributed by atoms with Crippen LogP contribution >= 0.6 is 0 Å². The lowest BCUT2D eigenvalue weighted by Crippen LogP contribution is -2.44. The molecule has 0 heterocycles. The van der Waals surface area contributed by atoms with Gasteiger partial charge in [-0.2, -0.15) is 0 Å². The van der Waals surface area contributed by atoms with Gasteiger partial charge >= 0.3 is 12.1 Å². The number of nitrogens with zero attached hydrogens (tertiary/aromatic N) is 1. The SMILES string of the molecule is COC(=O)N(C)CC(=O)N[C@@H](C)C(=O)O. The molecule has 0 fully saturated rings. The molecule has 0 saturated heterocycles. The van der Waals surface area contributed by atoms with Crippen molar-refractivity contribution in [2.75, 3.05) is 20.7 Å². The molecule has 7 nitrogen and oxygen atoms in total. The topological polar surface area (TPSA) is 95.9 Å². The zero-order valence-electron chi connectivity index (χ0n) is 8.81. The van der Waals surface area contributed by atoms with E-state index in [1.54, 1.807) is 0 Å². The summed E-state index contributed by atoms with van der Waals surface area (Å²) in [6.45, 7) is 1.09. The molecule has 0 aromatic carbocycles. The summed E-state index contributed by atoms with van der Waals surface area (Å²) in [5.74, 6) is -1.69. The Morgan fingerprint density at radius 1 is 1.47 bits per heavy atom.